The van der Waals surface area contributed by atoms with Crippen molar-refractivity contribution in [2.24, 2.45) is 0 Å². The lowest BCUT2D eigenvalue weighted by Crippen LogP contribution is -1.96. The van der Waals surface area contributed by atoms with Crippen molar-refractivity contribution in [1.29, 1.82) is 5.26 Å². The molecule has 15 heavy (non-hydrogen) atoms. The molecule has 4 heteroatoms. The lowest BCUT2D eigenvalue weighted by molar-refractivity contribution is 0.354. The second-order valence-electron chi connectivity index (χ2n) is 3.08. The Bertz CT molecular complexity index is 398. The molecule has 1 aromatic rings. The lowest BCUT2D eigenvalue weighted by Gasteiger charge is -2.12. The van der Waals surface area contributed by atoms with Gasteiger partial charge in [-0.3, -0.25) is 0 Å². The summed E-state index contributed by atoms with van der Waals surface area (Å²) < 4.78 is 11.2. The maximum Gasteiger partial charge on any atom is 0.161 e. The second kappa shape index (κ2) is 5.04. The van der Waals surface area contributed by atoms with Crippen molar-refractivity contribution >= 4 is 15.9 Å². The van der Waals surface area contributed by atoms with Gasteiger partial charge in [-0.25, -0.2) is 0 Å². The van der Waals surface area contributed by atoms with Crippen molar-refractivity contribution in [3.63, 3.8) is 0 Å². The Morgan fingerprint density at radius 3 is 2.27 bits per heavy atom. The van der Waals surface area contributed by atoms with Crippen LogP contribution in [0.4, 0.5) is 0 Å². The van der Waals surface area contributed by atoms with Crippen LogP contribution in [0.1, 0.15) is 18.4 Å². The summed E-state index contributed by atoms with van der Waals surface area (Å²) >= 11 is 3.41. The van der Waals surface area contributed by atoms with Gasteiger partial charge in [0.05, 0.1) is 26.2 Å². The molecule has 3 nitrogen and oxygen atoms in total. The van der Waals surface area contributed by atoms with Crippen molar-refractivity contribution in [3.05, 3.63) is 22.2 Å². The Hall–Kier alpha value is -1.21. The smallest absolute Gasteiger partial charge is 0.161 e. The van der Waals surface area contributed by atoms with Crippen LogP contribution < -0.4 is 9.47 Å². The van der Waals surface area contributed by atoms with Gasteiger partial charge in [-0.15, -0.1) is 0 Å². The fraction of sp³-hybridized carbons (Fsp3) is 0.364. The number of hydrogen-bond donors (Lipinski definition) is 0. The van der Waals surface area contributed by atoms with Crippen LogP contribution in [0.5, 0.6) is 11.5 Å². The largest absolute Gasteiger partial charge is 0.493 e. The van der Waals surface area contributed by atoms with Gasteiger partial charge in [0.15, 0.2) is 11.5 Å². The molecule has 80 valence electrons. The van der Waals surface area contributed by atoms with Crippen LogP contribution in [0, 0.1) is 11.3 Å². The van der Waals surface area contributed by atoms with E-state index in [0.717, 1.165) is 10.0 Å². The molecule has 0 N–H and O–H groups in total. The molecule has 1 unspecified atom stereocenters. The highest BCUT2D eigenvalue weighted by atomic mass is 79.9. The summed E-state index contributed by atoms with van der Waals surface area (Å²) in [7, 11) is 3.16. The first-order valence-electron chi connectivity index (χ1n) is 4.45. The molecule has 0 bridgehead atoms. The average Bonchev–Trinajstić information content (AvgIpc) is 2.27. The third-order valence-corrected chi connectivity index (χ3v) is 2.85. The van der Waals surface area contributed by atoms with Crippen LogP contribution >= 0.6 is 15.9 Å². The third kappa shape index (κ3) is 2.42. The Balaban J connectivity index is 3.27. The van der Waals surface area contributed by atoms with Crippen LogP contribution in [0.2, 0.25) is 0 Å². The van der Waals surface area contributed by atoms with Crippen LogP contribution in [-0.2, 0) is 0 Å². The van der Waals surface area contributed by atoms with E-state index in [0.29, 0.717) is 11.5 Å². The monoisotopic (exact) mass is 269 g/mol. The van der Waals surface area contributed by atoms with Gasteiger partial charge < -0.3 is 9.47 Å². The second-order valence-corrected chi connectivity index (χ2v) is 3.93. The molecule has 0 fully saturated rings. The summed E-state index contributed by atoms with van der Waals surface area (Å²) in [5.74, 6) is 1.11. The molecular formula is C11H12BrNO2. The average molecular weight is 270 g/mol. The Kier molecular flexibility index (Phi) is 3.98. The van der Waals surface area contributed by atoms with E-state index in [1.54, 1.807) is 14.2 Å². The fourth-order valence-corrected chi connectivity index (χ4v) is 1.94. The standard InChI is InChI=1S/C11H12BrNO2/c1-7(6-13)8-4-10(14-2)11(15-3)5-9(8)12/h4-5,7H,1-3H3. The van der Waals surface area contributed by atoms with Gasteiger partial charge in [0.25, 0.3) is 0 Å². The number of nitrogens with zero attached hydrogens (tertiary/aromatic N) is 1. The number of rotatable bonds is 3. The first kappa shape index (κ1) is 11.9. The van der Waals surface area contributed by atoms with E-state index in [1.807, 2.05) is 19.1 Å². The third-order valence-electron chi connectivity index (χ3n) is 2.16. The van der Waals surface area contributed by atoms with Crippen molar-refractivity contribution in [3.8, 4) is 17.6 Å². The summed E-state index contributed by atoms with van der Waals surface area (Å²) in [4.78, 5) is 0. The lowest BCUT2D eigenvalue weighted by atomic mass is 10.0. The highest BCUT2D eigenvalue weighted by molar-refractivity contribution is 9.10. The van der Waals surface area contributed by atoms with Crippen LogP contribution in [0.15, 0.2) is 16.6 Å². The molecule has 0 aromatic heterocycles. The minimum Gasteiger partial charge on any atom is -0.493 e. The van der Waals surface area contributed by atoms with E-state index in [4.69, 9.17) is 14.7 Å². The van der Waals surface area contributed by atoms with E-state index >= 15 is 0 Å². The predicted octanol–water partition coefficient (Wildman–Crippen LogP) is 3.09. The molecule has 0 saturated carbocycles. The molecule has 0 aliphatic rings. The van der Waals surface area contributed by atoms with E-state index in [9.17, 15) is 0 Å². The molecule has 1 atom stereocenters. The molecule has 1 aromatic carbocycles. The van der Waals surface area contributed by atoms with Crippen molar-refractivity contribution in [1.82, 2.24) is 0 Å². The summed E-state index contributed by atoms with van der Waals surface area (Å²) in [5.41, 5.74) is 0.898. The van der Waals surface area contributed by atoms with E-state index in [1.165, 1.54) is 0 Å². The molecular weight excluding hydrogens is 258 g/mol. The molecule has 0 saturated heterocycles. The van der Waals surface area contributed by atoms with Crippen molar-refractivity contribution in [2.45, 2.75) is 12.8 Å². The topological polar surface area (TPSA) is 42.2 Å². The minimum absolute atomic E-state index is 0.181. The van der Waals surface area contributed by atoms with Gasteiger partial charge >= 0.3 is 0 Å². The summed E-state index contributed by atoms with van der Waals surface area (Å²) in [6.45, 7) is 1.84. The SMILES string of the molecule is COc1cc(Br)c(C(C)C#N)cc1OC. The quantitative estimate of drug-likeness (QED) is 0.847. The summed E-state index contributed by atoms with van der Waals surface area (Å²) in [6, 6.07) is 5.81. The van der Waals surface area contributed by atoms with E-state index in [-0.39, 0.29) is 5.92 Å². The number of ether oxygens (including phenoxy) is 2. The van der Waals surface area contributed by atoms with Crippen LogP contribution in [0.3, 0.4) is 0 Å². The van der Waals surface area contributed by atoms with E-state index in [2.05, 4.69) is 22.0 Å². The molecule has 0 aliphatic heterocycles. The molecule has 0 spiro atoms. The molecule has 0 aliphatic carbocycles. The Morgan fingerprint density at radius 2 is 1.80 bits per heavy atom. The molecule has 0 heterocycles. The van der Waals surface area contributed by atoms with Crippen molar-refractivity contribution < 1.29 is 9.47 Å². The zero-order valence-electron chi connectivity index (χ0n) is 8.87. The van der Waals surface area contributed by atoms with Crippen LogP contribution in [0.25, 0.3) is 0 Å². The Morgan fingerprint density at radius 1 is 1.27 bits per heavy atom. The minimum atomic E-state index is -0.181. The van der Waals surface area contributed by atoms with Gasteiger partial charge in [-0.1, -0.05) is 15.9 Å². The first-order valence-corrected chi connectivity index (χ1v) is 5.24. The summed E-state index contributed by atoms with van der Waals surface area (Å²) in [5, 5.41) is 8.86. The van der Waals surface area contributed by atoms with Gasteiger partial charge in [-0.05, 0) is 24.6 Å². The molecule has 0 amide bonds. The normalized spacial score (nSPS) is 11.7. The van der Waals surface area contributed by atoms with Gasteiger partial charge in [0.2, 0.25) is 0 Å². The molecule has 1 rings (SSSR count). The number of benzene rings is 1. The number of methoxy groups -OCH3 is 2. The van der Waals surface area contributed by atoms with Crippen LogP contribution in [-0.4, -0.2) is 14.2 Å². The maximum absolute atomic E-state index is 8.86. The van der Waals surface area contributed by atoms with E-state index < -0.39 is 0 Å². The zero-order chi connectivity index (χ0) is 11.4. The number of hydrogen-bond acceptors (Lipinski definition) is 3. The first-order chi connectivity index (χ1) is 7.13. The van der Waals surface area contributed by atoms with Crippen molar-refractivity contribution in [2.75, 3.05) is 14.2 Å². The van der Waals surface area contributed by atoms with Gasteiger partial charge in [-0.2, -0.15) is 5.26 Å². The highest BCUT2D eigenvalue weighted by Gasteiger charge is 2.13. The van der Waals surface area contributed by atoms with Gasteiger partial charge in [0, 0.05) is 4.47 Å². The Labute approximate surface area is 97.7 Å². The zero-order valence-corrected chi connectivity index (χ0v) is 10.5. The summed E-state index contributed by atoms with van der Waals surface area (Å²) in [6.07, 6.45) is 0. The van der Waals surface area contributed by atoms with Gasteiger partial charge in [0.1, 0.15) is 0 Å². The molecule has 0 radical (unpaired) electrons. The number of nitriles is 1. The highest BCUT2D eigenvalue weighted by Crippen LogP contribution is 2.36. The predicted molar refractivity (Wildman–Crippen MR) is 61.3 cm³/mol. The fourth-order valence-electron chi connectivity index (χ4n) is 1.27. The maximum atomic E-state index is 8.86. The number of halogens is 1.